The fourth-order valence-electron chi connectivity index (χ4n) is 1.02. The maximum Gasteiger partial charge on any atom is 0.299 e. The summed E-state index contributed by atoms with van der Waals surface area (Å²) in [4.78, 5) is 0. The van der Waals surface area contributed by atoms with Gasteiger partial charge in [-0.2, -0.15) is 0 Å². The molecule has 8 heteroatoms. The number of aliphatic hydroxyl groups excluding tert-OH is 1. The Morgan fingerprint density at radius 3 is 2.88 bits per heavy atom. The zero-order valence-corrected chi connectivity index (χ0v) is 11.3. The van der Waals surface area contributed by atoms with Crippen LogP contribution in [-0.4, -0.2) is 15.3 Å². The van der Waals surface area contributed by atoms with E-state index in [-0.39, 0.29) is 22.6 Å². The molecule has 0 aliphatic rings. The standard InChI is InChI=1S/C9H5BrClFN2O2S/c10-4-1-5(11)6(12)2-7(4)16-9-14-13-8(3-15)17-9/h1-2,15H,3H2. The number of hydrogen-bond acceptors (Lipinski definition) is 5. The summed E-state index contributed by atoms with van der Waals surface area (Å²) in [6.07, 6.45) is 0. The molecule has 17 heavy (non-hydrogen) atoms. The highest BCUT2D eigenvalue weighted by Crippen LogP contribution is 2.34. The van der Waals surface area contributed by atoms with Crippen molar-refractivity contribution in [2.45, 2.75) is 6.61 Å². The highest BCUT2D eigenvalue weighted by molar-refractivity contribution is 9.10. The average molecular weight is 340 g/mol. The summed E-state index contributed by atoms with van der Waals surface area (Å²) >= 11 is 9.87. The van der Waals surface area contributed by atoms with Crippen molar-refractivity contribution in [1.29, 1.82) is 0 Å². The molecule has 1 N–H and O–H groups in total. The lowest BCUT2D eigenvalue weighted by Crippen LogP contribution is -1.87. The number of aromatic nitrogens is 2. The topological polar surface area (TPSA) is 55.2 Å². The number of ether oxygens (including phenoxy) is 1. The summed E-state index contributed by atoms with van der Waals surface area (Å²) in [7, 11) is 0. The Morgan fingerprint density at radius 2 is 2.24 bits per heavy atom. The quantitative estimate of drug-likeness (QED) is 0.871. The zero-order valence-electron chi connectivity index (χ0n) is 8.15. The van der Waals surface area contributed by atoms with Gasteiger partial charge in [-0.15, -0.1) is 5.10 Å². The molecular formula is C9H5BrClFN2O2S. The molecule has 0 amide bonds. The molecule has 4 nitrogen and oxygen atoms in total. The van der Waals surface area contributed by atoms with Crippen molar-refractivity contribution in [3.63, 3.8) is 0 Å². The van der Waals surface area contributed by atoms with Gasteiger partial charge in [0.25, 0.3) is 5.19 Å². The van der Waals surface area contributed by atoms with Crippen LogP contribution in [0.5, 0.6) is 10.9 Å². The Balaban J connectivity index is 2.26. The molecule has 2 aromatic rings. The fraction of sp³-hybridized carbons (Fsp3) is 0.111. The van der Waals surface area contributed by atoms with Crippen molar-refractivity contribution in [2.24, 2.45) is 0 Å². The van der Waals surface area contributed by atoms with Gasteiger partial charge in [-0.05, 0) is 22.0 Å². The van der Waals surface area contributed by atoms with Gasteiger partial charge in [-0.25, -0.2) is 4.39 Å². The van der Waals surface area contributed by atoms with Crippen LogP contribution in [0.1, 0.15) is 5.01 Å². The van der Waals surface area contributed by atoms with Crippen molar-refractivity contribution in [3.8, 4) is 10.9 Å². The summed E-state index contributed by atoms with van der Waals surface area (Å²) < 4.78 is 19.0. The first kappa shape index (κ1) is 12.7. The van der Waals surface area contributed by atoms with Crippen LogP contribution in [0.3, 0.4) is 0 Å². The molecule has 1 aromatic carbocycles. The van der Waals surface area contributed by atoms with Crippen LogP contribution in [0.25, 0.3) is 0 Å². The Kier molecular flexibility index (Phi) is 3.93. The molecule has 0 radical (unpaired) electrons. The first-order valence-corrected chi connectivity index (χ1v) is 6.34. The van der Waals surface area contributed by atoms with Gasteiger partial charge in [0.05, 0.1) is 16.1 Å². The number of benzene rings is 1. The largest absolute Gasteiger partial charge is 0.428 e. The summed E-state index contributed by atoms with van der Waals surface area (Å²) in [5.74, 6) is -0.343. The molecule has 1 heterocycles. The van der Waals surface area contributed by atoms with Crippen molar-refractivity contribution >= 4 is 38.9 Å². The maximum absolute atomic E-state index is 13.2. The summed E-state index contributed by atoms with van der Waals surface area (Å²) in [6, 6.07) is 2.53. The number of nitrogens with zero attached hydrogens (tertiary/aromatic N) is 2. The van der Waals surface area contributed by atoms with Gasteiger partial charge in [0.2, 0.25) is 0 Å². The van der Waals surface area contributed by atoms with Gasteiger partial charge >= 0.3 is 0 Å². The number of aliphatic hydroxyl groups is 1. The maximum atomic E-state index is 13.2. The molecule has 1 aromatic heterocycles. The van der Waals surface area contributed by atoms with Gasteiger partial charge < -0.3 is 9.84 Å². The lowest BCUT2D eigenvalue weighted by Gasteiger charge is -2.04. The van der Waals surface area contributed by atoms with Gasteiger partial charge in [0, 0.05) is 6.07 Å². The molecule has 2 rings (SSSR count). The Hall–Kier alpha value is -0.760. The van der Waals surface area contributed by atoms with Crippen molar-refractivity contribution in [2.75, 3.05) is 0 Å². The fourth-order valence-corrected chi connectivity index (χ4v) is 2.30. The lowest BCUT2D eigenvalue weighted by atomic mass is 10.3. The van der Waals surface area contributed by atoms with E-state index >= 15 is 0 Å². The first-order valence-electron chi connectivity index (χ1n) is 4.36. The van der Waals surface area contributed by atoms with Gasteiger partial charge in [-0.3, -0.25) is 0 Å². The average Bonchev–Trinajstić information content (AvgIpc) is 2.73. The van der Waals surface area contributed by atoms with Crippen LogP contribution in [0.2, 0.25) is 5.02 Å². The third-order valence-corrected chi connectivity index (χ3v) is 3.45. The van der Waals surface area contributed by atoms with E-state index in [0.717, 1.165) is 17.4 Å². The minimum absolute atomic E-state index is 0.00228. The minimum atomic E-state index is -0.586. The number of rotatable bonds is 3. The first-order chi connectivity index (χ1) is 8.10. The molecule has 0 bridgehead atoms. The number of halogens is 3. The molecular weight excluding hydrogens is 335 g/mol. The van der Waals surface area contributed by atoms with Crippen LogP contribution < -0.4 is 4.74 Å². The zero-order chi connectivity index (χ0) is 12.4. The molecule has 0 spiro atoms. The van der Waals surface area contributed by atoms with E-state index < -0.39 is 5.82 Å². The SMILES string of the molecule is OCc1nnc(Oc2cc(F)c(Cl)cc2Br)s1. The summed E-state index contributed by atoms with van der Waals surface area (Å²) in [5, 5.41) is 16.8. The predicted molar refractivity (Wildman–Crippen MR) is 65.0 cm³/mol. The normalized spacial score (nSPS) is 10.6. The summed E-state index contributed by atoms with van der Waals surface area (Å²) in [6.45, 7) is -0.211. The molecule has 0 fully saturated rings. The van der Waals surface area contributed by atoms with E-state index in [4.69, 9.17) is 21.4 Å². The van der Waals surface area contributed by atoms with Crippen LogP contribution in [-0.2, 0) is 6.61 Å². The lowest BCUT2D eigenvalue weighted by molar-refractivity contribution is 0.280. The smallest absolute Gasteiger partial charge is 0.299 e. The molecule has 0 saturated carbocycles. The molecule has 0 unspecified atom stereocenters. The second-order valence-corrected chi connectivity index (χ2v) is 5.20. The summed E-state index contributed by atoms with van der Waals surface area (Å²) in [5.41, 5.74) is 0. The predicted octanol–water partition coefficient (Wildman–Crippen LogP) is 3.38. The number of hydrogen-bond donors (Lipinski definition) is 1. The molecule has 0 aliphatic carbocycles. The van der Waals surface area contributed by atoms with E-state index in [0.29, 0.717) is 9.48 Å². The van der Waals surface area contributed by atoms with Crippen LogP contribution in [0, 0.1) is 5.82 Å². The Bertz CT molecular complexity index is 552. The van der Waals surface area contributed by atoms with E-state index in [1.807, 2.05) is 0 Å². The van der Waals surface area contributed by atoms with E-state index in [2.05, 4.69) is 26.1 Å². The monoisotopic (exact) mass is 338 g/mol. The van der Waals surface area contributed by atoms with Crippen LogP contribution in [0.15, 0.2) is 16.6 Å². The minimum Gasteiger partial charge on any atom is -0.428 e. The van der Waals surface area contributed by atoms with E-state index in [1.54, 1.807) is 0 Å². The third-order valence-electron chi connectivity index (χ3n) is 1.76. The van der Waals surface area contributed by atoms with Crippen molar-refractivity contribution in [3.05, 3.63) is 32.5 Å². The second-order valence-electron chi connectivity index (χ2n) is 2.92. The second kappa shape index (κ2) is 5.26. The van der Waals surface area contributed by atoms with Crippen molar-refractivity contribution in [1.82, 2.24) is 10.2 Å². The molecule has 90 valence electrons. The Labute approximate surface area is 113 Å². The highest BCUT2D eigenvalue weighted by Gasteiger charge is 2.11. The van der Waals surface area contributed by atoms with Crippen molar-refractivity contribution < 1.29 is 14.2 Å². The van der Waals surface area contributed by atoms with Crippen LogP contribution >= 0.6 is 38.9 Å². The van der Waals surface area contributed by atoms with Gasteiger partial charge in [0.15, 0.2) is 0 Å². The molecule has 0 atom stereocenters. The highest BCUT2D eigenvalue weighted by atomic mass is 79.9. The Morgan fingerprint density at radius 1 is 1.47 bits per heavy atom. The van der Waals surface area contributed by atoms with Gasteiger partial charge in [-0.1, -0.05) is 28.0 Å². The molecule has 0 saturated heterocycles. The van der Waals surface area contributed by atoms with Gasteiger partial charge in [0.1, 0.15) is 16.6 Å². The van der Waals surface area contributed by atoms with Crippen LogP contribution in [0.4, 0.5) is 4.39 Å². The van der Waals surface area contributed by atoms with E-state index in [9.17, 15) is 4.39 Å². The third kappa shape index (κ3) is 2.92. The van der Waals surface area contributed by atoms with E-state index in [1.165, 1.54) is 6.07 Å². The molecule has 0 aliphatic heterocycles.